The van der Waals surface area contributed by atoms with E-state index in [0.29, 0.717) is 19.6 Å². The first-order valence-corrected chi connectivity index (χ1v) is 5.58. The second-order valence-electron chi connectivity index (χ2n) is 4.35. The molecule has 0 aromatic carbocycles. The third kappa shape index (κ3) is 4.47. The summed E-state index contributed by atoms with van der Waals surface area (Å²) in [6.07, 6.45) is -0.489. The van der Waals surface area contributed by atoms with Gasteiger partial charge in [0, 0.05) is 6.42 Å². The second-order valence-corrected chi connectivity index (χ2v) is 4.35. The maximum atomic E-state index is 11.1. The van der Waals surface area contributed by atoms with Gasteiger partial charge in [0.15, 0.2) is 5.79 Å². The molecule has 1 aliphatic rings. The standard InChI is InChI=1S/C11H20O5/c1-4-14-10(13)6-8(12)5-9-7-15-11(2,3)16-9/h8-9,12H,4-7H2,1-3H3/t8-,9+/m1/s1. The summed E-state index contributed by atoms with van der Waals surface area (Å²) in [6, 6.07) is 0. The quantitative estimate of drug-likeness (QED) is 0.712. The van der Waals surface area contributed by atoms with Crippen LogP contribution in [0.15, 0.2) is 0 Å². The molecule has 1 fully saturated rings. The fourth-order valence-electron chi connectivity index (χ4n) is 1.68. The minimum atomic E-state index is -0.735. The molecular weight excluding hydrogens is 212 g/mol. The van der Waals surface area contributed by atoms with Crippen LogP contribution in [0.5, 0.6) is 0 Å². The van der Waals surface area contributed by atoms with Crippen LogP contribution in [0.3, 0.4) is 0 Å². The molecule has 1 saturated heterocycles. The van der Waals surface area contributed by atoms with Gasteiger partial charge in [0.25, 0.3) is 0 Å². The first-order valence-electron chi connectivity index (χ1n) is 5.58. The van der Waals surface area contributed by atoms with Crippen LogP contribution in [0.2, 0.25) is 0 Å². The van der Waals surface area contributed by atoms with Crippen molar-refractivity contribution in [2.75, 3.05) is 13.2 Å². The molecule has 2 atom stereocenters. The molecule has 0 spiro atoms. The Morgan fingerprint density at radius 2 is 2.31 bits per heavy atom. The van der Waals surface area contributed by atoms with Gasteiger partial charge in [-0.15, -0.1) is 0 Å². The van der Waals surface area contributed by atoms with E-state index in [1.807, 2.05) is 13.8 Å². The largest absolute Gasteiger partial charge is 0.466 e. The number of aliphatic hydroxyl groups is 1. The molecule has 1 N–H and O–H groups in total. The van der Waals surface area contributed by atoms with Gasteiger partial charge in [-0.2, -0.15) is 0 Å². The third-order valence-electron chi connectivity index (χ3n) is 2.31. The predicted octanol–water partition coefficient (Wildman–Crippen LogP) is 0.842. The van der Waals surface area contributed by atoms with Crippen LogP contribution in [0.25, 0.3) is 0 Å². The van der Waals surface area contributed by atoms with Crippen molar-refractivity contribution in [1.29, 1.82) is 0 Å². The van der Waals surface area contributed by atoms with Crippen molar-refractivity contribution in [1.82, 2.24) is 0 Å². The Bertz CT molecular complexity index is 239. The summed E-state index contributed by atoms with van der Waals surface area (Å²) in [5.41, 5.74) is 0. The predicted molar refractivity (Wildman–Crippen MR) is 56.8 cm³/mol. The van der Waals surface area contributed by atoms with Gasteiger partial charge in [-0.3, -0.25) is 4.79 Å². The third-order valence-corrected chi connectivity index (χ3v) is 2.31. The van der Waals surface area contributed by atoms with Crippen LogP contribution in [-0.2, 0) is 19.0 Å². The number of hydrogen-bond donors (Lipinski definition) is 1. The molecule has 16 heavy (non-hydrogen) atoms. The van der Waals surface area contributed by atoms with E-state index in [1.165, 1.54) is 0 Å². The van der Waals surface area contributed by atoms with Gasteiger partial charge < -0.3 is 19.3 Å². The van der Waals surface area contributed by atoms with Crippen LogP contribution >= 0.6 is 0 Å². The SMILES string of the molecule is CCOC(=O)C[C@H](O)C[C@H]1COC(C)(C)O1. The van der Waals surface area contributed by atoms with E-state index in [-0.39, 0.29) is 18.5 Å². The smallest absolute Gasteiger partial charge is 0.308 e. The number of rotatable bonds is 5. The van der Waals surface area contributed by atoms with Gasteiger partial charge in [-0.1, -0.05) is 0 Å². The maximum absolute atomic E-state index is 11.1. The summed E-state index contributed by atoms with van der Waals surface area (Å²) in [5.74, 6) is -0.970. The lowest BCUT2D eigenvalue weighted by atomic mass is 10.1. The number of aliphatic hydroxyl groups excluding tert-OH is 1. The zero-order valence-corrected chi connectivity index (χ0v) is 10.1. The Morgan fingerprint density at radius 3 is 2.81 bits per heavy atom. The summed E-state index contributed by atoms with van der Waals surface area (Å²) in [5, 5.41) is 9.64. The minimum Gasteiger partial charge on any atom is -0.466 e. The fraction of sp³-hybridized carbons (Fsp3) is 0.909. The topological polar surface area (TPSA) is 65.0 Å². The van der Waals surface area contributed by atoms with Gasteiger partial charge in [-0.05, 0) is 20.8 Å². The number of hydrogen-bond acceptors (Lipinski definition) is 5. The Kier molecular flexibility index (Phi) is 4.70. The molecule has 0 aromatic rings. The van der Waals surface area contributed by atoms with E-state index >= 15 is 0 Å². The van der Waals surface area contributed by atoms with Crippen LogP contribution in [0.1, 0.15) is 33.6 Å². The molecule has 5 heteroatoms. The first kappa shape index (κ1) is 13.4. The van der Waals surface area contributed by atoms with Crippen molar-refractivity contribution in [2.24, 2.45) is 0 Å². The Balaban J connectivity index is 2.24. The molecule has 5 nitrogen and oxygen atoms in total. The van der Waals surface area contributed by atoms with Gasteiger partial charge >= 0.3 is 5.97 Å². The molecule has 1 heterocycles. The van der Waals surface area contributed by atoms with Crippen LogP contribution in [0.4, 0.5) is 0 Å². The maximum Gasteiger partial charge on any atom is 0.308 e. The van der Waals surface area contributed by atoms with Gasteiger partial charge in [0.2, 0.25) is 0 Å². The van der Waals surface area contributed by atoms with E-state index in [4.69, 9.17) is 14.2 Å². The lowest BCUT2D eigenvalue weighted by Gasteiger charge is -2.18. The highest BCUT2D eigenvalue weighted by Crippen LogP contribution is 2.25. The van der Waals surface area contributed by atoms with Crippen molar-refractivity contribution in [3.8, 4) is 0 Å². The highest BCUT2D eigenvalue weighted by atomic mass is 16.7. The average Bonchev–Trinajstić information content (AvgIpc) is 2.45. The van der Waals surface area contributed by atoms with Gasteiger partial charge in [0.05, 0.1) is 31.8 Å². The van der Waals surface area contributed by atoms with Crippen molar-refractivity contribution in [2.45, 2.75) is 51.6 Å². The van der Waals surface area contributed by atoms with Crippen molar-refractivity contribution < 1.29 is 24.1 Å². The molecule has 0 amide bonds. The van der Waals surface area contributed by atoms with Crippen molar-refractivity contribution in [3.05, 3.63) is 0 Å². The van der Waals surface area contributed by atoms with Crippen molar-refractivity contribution in [3.63, 3.8) is 0 Å². The summed E-state index contributed by atoms with van der Waals surface area (Å²) >= 11 is 0. The van der Waals surface area contributed by atoms with Crippen molar-refractivity contribution >= 4 is 5.97 Å². The van der Waals surface area contributed by atoms with E-state index in [1.54, 1.807) is 6.92 Å². The molecule has 1 rings (SSSR count). The van der Waals surface area contributed by atoms with E-state index in [2.05, 4.69) is 0 Å². The summed E-state index contributed by atoms with van der Waals surface area (Å²) in [6.45, 7) is 6.17. The molecule has 0 aromatic heterocycles. The summed E-state index contributed by atoms with van der Waals surface area (Å²) in [4.78, 5) is 11.1. The monoisotopic (exact) mass is 232 g/mol. The lowest BCUT2D eigenvalue weighted by molar-refractivity contribution is -0.148. The number of esters is 1. The number of ether oxygens (including phenoxy) is 3. The molecule has 0 unspecified atom stereocenters. The molecule has 94 valence electrons. The number of carbonyl (C=O) groups excluding carboxylic acids is 1. The first-order chi connectivity index (χ1) is 7.43. The van der Waals surface area contributed by atoms with Crippen LogP contribution in [-0.4, -0.2) is 42.3 Å². The zero-order valence-electron chi connectivity index (χ0n) is 10.1. The molecule has 0 aliphatic carbocycles. The van der Waals surface area contributed by atoms with Gasteiger partial charge in [-0.25, -0.2) is 0 Å². The Hall–Kier alpha value is -0.650. The molecule has 0 saturated carbocycles. The van der Waals surface area contributed by atoms with E-state index < -0.39 is 11.9 Å². The fourth-order valence-corrected chi connectivity index (χ4v) is 1.68. The van der Waals surface area contributed by atoms with E-state index in [9.17, 15) is 9.90 Å². The molecule has 0 bridgehead atoms. The molecule has 0 radical (unpaired) electrons. The number of carbonyl (C=O) groups is 1. The van der Waals surface area contributed by atoms with E-state index in [0.717, 1.165) is 0 Å². The highest BCUT2D eigenvalue weighted by molar-refractivity contribution is 5.69. The molecule has 1 aliphatic heterocycles. The average molecular weight is 232 g/mol. The second kappa shape index (κ2) is 5.61. The zero-order chi connectivity index (χ0) is 12.2. The Morgan fingerprint density at radius 1 is 1.62 bits per heavy atom. The minimum absolute atomic E-state index is 0.00806. The normalized spacial score (nSPS) is 25.4. The van der Waals surface area contributed by atoms with Crippen LogP contribution in [0, 0.1) is 0 Å². The van der Waals surface area contributed by atoms with Crippen LogP contribution < -0.4 is 0 Å². The Labute approximate surface area is 95.7 Å². The summed E-state index contributed by atoms with van der Waals surface area (Å²) in [7, 11) is 0. The lowest BCUT2D eigenvalue weighted by Crippen LogP contribution is -2.25. The molecular formula is C11H20O5. The highest BCUT2D eigenvalue weighted by Gasteiger charge is 2.33. The summed E-state index contributed by atoms with van der Waals surface area (Å²) < 4.78 is 15.6. The van der Waals surface area contributed by atoms with Gasteiger partial charge in [0.1, 0.15) is 0 Å².